The van der Waals surface area contributed by atoms with E-state index in [-0.39, 0.29) is 6.04 Å². The number of benzene rings is 2. The molecule has 0 bridgehead atoms. The lowest BCUT2D eigenvalue weighted by Crippen LogP contribution is -2.17. The molecule has 0 aliphatic heterocycles. The summed E-state index contributed by atoms with van der Waals surface area (Å²) in [5.74, 6) is 6.92. The van der Waals surface area contributed by atoms with Gasteiger partial charge in [-0.25, -0.2) is 0 Å². The molecule has 1 unspecified atom stereocenters. The maximum absolute atomic E-state index is 5.80. The molecule has 0 aliphatic rings. The molecule has 2 aromatic carbocycles. The standard InChI is InChI=1S/C18H19NO/c1-15(19)13-17-9-5-11-18(14-17)20-12-6-10-16-7-3-2-4-8-16/h2-5,7-9,11,14-15H,12-13,19H2,1H3. The molecule has 0 heterocycles. The molecule has 2 nitrogen and oxygen atoms in total. The van der Waals surface area contributed by atoms with Gasteiger partial charge in [0.05, 0.1) is 0 Å². The van der Waals surface area contributed by atoms with Crippen LogP contribution in [-0.4, -0.2) is 12.6 Å². The van der Waals surface area contributed by atoms with Crippen molar-refractivity contribution in [3.05, 3.63) is 65.7 Å². The van der Waals surface area contributed by atoms with E-state index in [2.05, 4.69) is 17.9 Å². The first-order chi connectivity index (χ1) is 9.74. The van der Waals surface area contributed by atoms with Crippen molar-refractivity contribution < 1.29 is 4.74 Å². The van der Waals surface area contributed by atoms with Crippen LogP contribution in [0.15, 0.2) is 54.6 Å². The summed E-state index contributed by atoms with van der Waals surface area (Å²) in [5, 5.41) is 0. The number of ether oxygens (including phenoxy) is 1. The van der Waals surface area contributed by atoms with Gasteiger partial charge >= 0.3 is 0 Å². The fourth-order valence-electron chi connectivity index (χ4n) is 1.91. The van der Waals surface area contributed by atoms with Gasteiger partial charge in [-0.2, -0.15) is 0 Å². The molecular formula is C18H19NO. The Kier molecular flexibility index (Phi) is 5.23. The average Bonchev–Trinajstić information content (AvgIpc) is 2.44. The Morgan fingerprint density at radius 1 is 1.10 bits per heavy atom. The topological polar surface area (TPSA) is 35.2 Å². The zero-order valence-electron chi connectivity index (χ0n) is 11.7. The van der Waals surface area contributed by atoms with Crippen LogP contribution in [0.2, 0.25) is 0 Å². The van der Waals surface area contributed by atoms with Gasteiger partial charge in [-0.1, -0.05) is 42.2 Å². The van der Waals surface area contributed by atoms with E-state index in [1.807, 2.05) is 55.5 Å². The Balaban J connectivity index is 1.90. The van der Waals surface area contributed by atoms with Gasteiger partial charge in [0, 0.05) is 11.6 Å². The molecular weight excluding hydrogens is 246 g/mol. The smallest absolute Gasteiger partial charge is 0.149 e. The van der Waals surface area contributed by atoms with Gasteiger partial charge in [-0.05, 0) is 43.2 Å². The van der Waals surface area contributed by atoms with E-state index >= 15 is 0 Å². The summed E-state index contributed by atoms with van der Waals surface area (Å²) in [6.45, 7) is 2.38. The molecule has 2 N–H and O–H groups in total. The van der Waals surface area contributed by atoms with Gasteiger partial charge in [0.15, 0.2) is 0 Å². The molecule has 0 fully saturated rings. The van der Waals surface area contributed by atoms with Crippen LogP contribution in [-0.2, 0) is 6.42 Å². The lowest BCUT2D eigenvalue weighted by Gasteiger charge is -2.07. The number of rotatable bonds is 4. The molecule has 0 saturated carbocycles. The summed E-state index contributed by atoms with van der Waals surface area (Å²) in [4.78, 5) is 0. The Labute approximate surface area is 120 Å². The predicted molar refractivity (Wildman–Crippen MR) is 82.6 cm³/mol. The van der Waals surface area contributed by atoms with Crippen LogP contribution in [0.4, 0.5) is 0 Å². The molecule has 102 valence electrons. The largest absolute Gasteiger partial charge is 0.481 e. The Bertz CT molecular complexity index is 594. The van der Waals surface area contributed by atoms with Crippen molar-refractivity contribution in [1.29, 1.82) is 0 Å². The van der Waals surface area contributed by atoms with Crippen molar-refractivity contribution in [3.63, 3.8) is 0 Å². The van der Waals surface area contributed by atoms with Crippen molar-refractivity contribution in [1.82, 2.24) is 0 Å². The van der Waals surface area contributed by atoms with E-state index in [1.165, 1.54) is 5.56 Å². The molecule has 2 rings (SSSR count). The zero-order chi connectivity index (χ0) is 14.2. The van der Waals surface area contributed by atoms with Crippen LogP contribution in [0, 0.1) is 11.8 Å². The molecule has 0 radical (unpaired) electrons. The van der Waals surface area contributed by atoms with Crippen LogP contribution in [0.3, 0.4) is 0 Å². The van der Waals surface area contributed by atoms with E-state index in [4.69, 9.17) is 10.5 Å². The summed E-state index contributed by atoms with van der Waals surface area (Å²) in [5.41, 5.74) is 7.99. The molecule has 0 aromatic heterocycles. The van der Waals surface area contributed by atoms with Gasteiger partial charge in [-0.15, -0.1) is 0 Å². The zero-order valence-corrected chi connectivity index (χ0v) is 11.7. The van der Waals surface area contributed by atoms with Crippen LogP contribution >= 0.6 is 0 Å². The molecule has 2 aromatic rings. The lowest BCUT2D eigenvalue weighted by atomic mass is 10.1. The van der Waals surface area contributed by atoms with Gasteiger partial charge in [0.2, 0.25) is 0 Å². The third-order valence-electron chi connectivity index (χ3n) is 2.77. The van der Waals surface area contributed by atoms with Crippen molar-refractivity contribution in [2.45, 2.75) is 19.4 Å². The molecule has 0 amide bonds. The second-order valence-corrected chi connectivity index (χ2v) is 4.79. The molecule has 0 spiro atoms. The van der Waals surface area contributed by atoms with Crippen LogP contribution in [0.25, 0.3) is 0 Å². The van der Waals surface area contributed by atoms with Crippen molar-refractivity contribution in [2.24, 2.45) is 5.73 Å². The van der Waals surface area contributed by atoms with Crippen molar-refractivity contribution >= 4 is 0 Å². The first-order valence-electron chi connectivity index (χ1n) is 6.75. The molecule has 0 aliphatic carbocycles. The summed E-state index contributed by atoms with van der Waals surface area (Å²) < 4.78 is 5.64. The maximum atomic E-state index is 5.80. The van der Waals surface area contributed by atoms with Crippen LogP contribution in [0.1, 0.15) is 18.1 Å². The second-order valence-electron chi connectivity index (χ2n) is 4.79. The Hall–Kier alpha value is -2.24. The monoisotopic (exact) mass is 265 g/mol. The fourth-order valence-corrected chi connectivity index (χ4v) is 1.91. The summed E-state index contributed by atoms with van der Waals surface area (Å²) in [6, 6.07) is 18.1. The predicted octanol–water partition coefficient (Wildman–Crippen LogP) is 3.01. The van der Waals surface area contributed by atoms with Gasteiger partial charge in [0.25, 0.3) is 0 Å². The van der Waals surface area contributed by atoms with E-state index in [0.717, 1.165) is 17.7 Å². The average molecular weight is 265 g/mol. The number of nitrogens with two attached hydrogens (primary N) is 1. The van der Waals surface area contributed by atoms with Gasteiger partial charge < -0.3 is 10.5 Å². The van der Waals surface area contributed by atoms with E-state index in [1.54, 1.807) is 0 Å². The third kappa shape index (κ3) is 4.79. The SMILES string of the molecule is CC(N)Cc1cccc(OCC#Cc2ccccc2)c1. The maximum Gasteiger partial charge on any atom is 0.149 e. The van der Waals surface area contributed by atoms with E-state index in [0.29, 0.717) is 6.61 Å². The summed E-state index contributed by atoms with van der Waals surface area (Å²) >= 11 is 0. The van der Waals surface area contributed by atoms with Crippen LogP contribution < -0.4 is 10.5 Å². The highest BCUT2D eigenvalue weighted by molar-refractivity contribution is 5.34. The normalized spacial score (nSPS) is 11.3. The van der Waals surface area contributed by atoms with Crippen LogP contribution in [0.5, 0.6) is 5.75 Å². The quantitative estimate of drug-likeness (QED) is 0.862. The van der Waals surface area contributed by atoms with Crippen molar-refractivity contribution in [3.8, 4) is 17.6 Å². The number of hydrogen-bond acceptors (Lipinski definition) is 2. The minimum absolute atomic E-state index is 0.156. The van der Waals surface area contributed by atoms with E-state index in [9.17, 15) is 0 Å². The highest BCUT2D eigenvalue weighted by Gasteiger charge is 1.99. The Morgan fingerprint density at radius 2 is 1.90 bits per heavy atom. The minimum Gasteiger partial charge on any atom is -0.481 e. The summed E-state index contributed by atoms with van der Waals surface area (Å²) in [7, 11) is 0. The molecule has 1 atom stereocenters. The molecule has 2 heteroatoms. The van der Waals surface area contributed by atoms with E-state index < -0.39 is 0 Å². The lowest BCUT2D eigenvalue weighted by molar-refractivity contribution is 0.370. The molecule has 20 heavy (non-hydrogen) atoms. The van der Waals surface area contributed by atoms with Gasteiger partial charge in [-0.3, -0.25) is 0 Å². The summed E-state index contributed by atoms with van der Waals surface area (Å²) in [6.07, 6.45) is 0.854. The van der Waals surface area contributed by atoms with Gasteiger partial charge in [0.1, 0.15) is 12.4 Å². The Morgan fingerprint density at radius 3 is 2.65 bits per heavy atom. The third-order valence-corrected chi connectivity index (χ3v) is 2.77. The minimum atomic E-state index is 0.156. The highest BCUT2D eigenvalue weighted by atomic mass is 16.5. The first-order valence-corrected chi connectivity index (χ1v) is 6.75. The van der Waals surface area contributed by atoms with Crippen molar-refractivity contribution in [2.75, 3.05) is 6.61 Å². The first kappa shape index (κ1) is 14.2. The number of hydrogen-bond donors (Lipinski definition) is 1. The molecule has 0 saturated heterocycles. The highest BCUT2D eigenvalue weighted by Crippen LogP contribution is 2.14. The fraction of sp³-hybridized carbons (Fsp3) is 0.222. The second kappa shape index (κ2) is 7.37.